The van der Waals surface area contributed by atoms with Crippen molar-refractivity contribution in [2.75, 3.05) is 31.2 Å². The third kappa shape index (κ3) is 2.00. The number of aromatic nitrogens is 2. The summed E-state index contributed by atoms with van der Waals surface area (Å²) in [6, 6.07) is 0. The zero-order valence-corrected chi connectivity index (χ0v) is 10.7. The zero-order valence-electron chi connectivity index (χ0n) is 9.95. The Morgan fingerprint density at radius 1 is 1.29 bits per heavy atom. The van der Waals surface area contributed by atoms with E-state index < -0.39 is 0 Å². The van der Waals surface area contributed by atoms with Crippen LogP contribution >= 0.6 is 11.6 Å². The Kier molecular flexibility index (Phi) is 2.92. The molecule has 0 radical (unpaired) electrons. The van der Waals surface area contributed by atoms with Crippen molar-refractivity contribution in [2.24, 2.45) is 0 Å². The monoisotopic (exact) mass is 253 g/mol. The van der Waals surface area contributed by atoms with Crippen LogP contribution in [0.2, 0.25) is 5.15 Å². The average molecular weight is 254 g/mol. The van der Waals surface area contributed by atoms with Gasteiger partial charge in [-0.3, -0.25) is 0 Å². The maximum atomic E-state index is 6.25. The molecule has 1 saturated heterocycles. The van der Waals surface area contributed by atoms with Gasteiger partial charge in [0, 0.05) is 18.7 Å². The summed E-state index contributed by atoms with van der Waals surface area (Å²) in [5.74, 6) is 1.27. The number of hydrogen-bond donors (Lipinski definition) is 0. The predicted octanol–water partition coefficient (Wildman–Crippen LogP) is 2.02. The second-order valence-corrected chi connectivity index (χ2v) is 5.08. The molecule has 0 saturated carbocycles. The molecule has 2 heterocycles. The highest BCUT2D eigenvalue weighted by Gasteiger charge is 2.26. The van der Waals surface area contributed by atoms with Crippen LogP contribution in [0.25, 0.3) is 0 Å². The van der Waals surface area contributed by atoms with E-state index in [0.717, 1.165) is 56.4 Å². The lowest BCUT2D eigenvalue weighted by Gasteiger charge is -2.27. The van der Waals surface area contributed by atoms with Gasteiger partial charge in [0.25, 0.3) is 0 Å². The second-order valence-electron chi connectivity index (χ2n) is 4.72. The predicted molar refractivity (Wildman–Crippen MR) is 66.8 cm³/mol. The normalized spacial score (nSPS) is 23.9. The number of fused-ring (bicyclic) bond motifs is 1. The minimum Gasteiger partial charge on any atom is -0.378 e. The quantitative estimate of drug-likeness (QED) is 0.718. The molecule has 1 aliphatic carbocycles. The molecule has 3 rings (SSSR count). The Bertz CT molecular complexity index is 432. The molecule has 1 aliphatic heterocycles. The molecule has 1 unspecified atom stereocenters. The van der Waals surface area contributed by atoms with Gasteiger partial charge in [-0.05, 0) is 18.8 Å². The first kappa shape index (κ1) is 11.2. The molecule has 0 N–H and O–H groups in total. The summed E-state index contributed by atoms with van der Waals surface area (Å²) in [5.41, 5.74) is 2.29. The maximum Gasteiger partial charge on any atom is 0.227 e. The standard InChI is InChI=1S/C12H16ClN3O/c1-8-2-3-9-10(8)14-12(15-11(9)13)16-4-6-17-7-5-16/h8H,2-7H2,1H3. The van der Waals surface area contributed by atoms with Crippen molar-refractivity contribution in [1.29, 1.82) is 0 Å². The van der Waals surface area contributed by atoms with Crippen LogP contribution in [0.3, 0.4) is 0 Å². The molecule has 5 heteroatoms. The highest BCUT2D eigenvalue weighted by molar-refractivity contribution is 6.30. The lowest BCUT2D eigenvalue weighted by molar-refractivity contribution is 0.122. The lowest BCUT2D eigenvalue weighted by atomic mass is 10.1. The highest BCUT2D eigenvalue weighted by Crippen LogP contribution is 2.35. The van der Waals surface area contributed by atoms with E-state index in [9.17, 15) is 0 Å². The van der Waals surface area contributed by atoms with E-state index in [1.54, 1.807) is 0 Å². The molecule has 1 aromatic heterocycles. The SMILES string of the molecule is CC1CCc2c(Cl)nc(N3CCOCC3)nc21. The fourth-order valence-corrected chi connectivity index (χ4v) is 2.77. The second kappa shape index (κ2) is 4.42. The summed E-state index contributed by atoms with van der Waals surface area (Å²) in [5, 5.41) is 0.640. The molecule has 17 heavy (non-hydrogen) atoms. The van der Waals surface area contributed by atoms with Crippen LogP contribution in [0.15, 0.2) is 0 Å². The third-order valence-corrected chi connectivity index (χ3v) is 3.88. The molecule has 4 nitrogen and oxygen atoms in total. The van der Waals surface area contributed by atoms with Crippen molar-refractivity contribution in [1.82, 2.24) is 9.97 Å². The van der Waals surface area contributed by atoms with Gasteiger partial charge in [-0.25, -0.2) is 9.97 Å². The van der Waals surface area contributed by atoms with Crippen LogP contribution in [-0.4, -0.2) is 36.3 Å². The summed E-state index contributed by atoms with van der Waals surface area (Å²) >= 11 is 6.25. The van der Waals surface area contributed by atoms with Crippen LogP contribution in [0.4, 0.5) is 5.95 Å². The lowest BCUT2D eigenvalue weighted by Crippen LogP contribution is -2.37. The van der Waals surface area contributed by atoms with Gasteiger partial charge in [-0.1, -0.05) is 18.5 Å². The molecule has 0 spiro atoms. The largest absolute Gasteiger partial charge is 0.378 e. The number of halogens is 1. The number of rotatable bonds is 1. The van der Waals surface area contributed by atoms with E-state index in [2.05, 4.69) is 16.8 Å². The van der Waals surface area contributed by atoms with Crippen LogP contribution in [0.1, 0.15) is 30.5 Å². The Morgan fingerprint density at radius 2 is 2.06 bits per heavy atom. The summed E-state index contributed by atoms with van der Waals surface area (Å²) in [6.45, 7) is 5.40. The minimum atomic E-state index is 0.505. The maximum absolute atomic E-state index is 6.25. The Morgan fingerprint density at radius 3 is 2.82 bits per heavy atom. The molecule has 1 aromatic rings. The van der Waals surface area contributed by atoms with Gasteiger partial charge >= 0.3 is 0 Å². The van der Waals surface area contributed by atoms with Crippen molar-refractivity contribution >= 4 is 17.5 Å². The molecule has 2 aliphatic rings. The van der Waals surface area contributed by atoms with E-state index in [1.807, 2.05) is 0 Å². The van der Waals surface area contributed by atoms with Gasteiger partial charge in [-0.15, -0.1) is 0 Å². The Balaban J connectivity index is 1.95. The van der Waals surface area contributed by atoms with Crippen LogP contribution < -0.4 is 4.90 Å². The zero-order chi connectivity index (χ0) is 11.8. The van der Waals surface area contributed by atoms with E-state index in [1.165, 1.54) is 0 Å². The van der Waals surface area contributed by atoms with Gasteiger partial charge in [0.15, 0.2) is 0 Å². The van der Waals surface area contributed by atoms with Crippen molar-refractivity contribution in [3.05, 3.63) is 16.4 Å². The van der Waals surface area contributed by atoms with Gasteiger partial charge in [0.05, 0.1) is 18.9 Å². The summed E-state index contributed by atoms with van der Waals surface area (Å²) in [4.78, 5) is 11.3. The van der Waals surface area contributed by atoms with Crippen molar-refractivity contribution in [2.45, 2.75) is 25.7 Å². The fourth-order valence-electron chi connectivity index (χ4n) is 2.50. The van der Waals surface area contributed by atoms with Gasteiger partial charge < -0.3 is 9.64 Å². The van der Waals surface area contributed by atoms with Crippen molar-refractivity contribution in [3.8, 4) is 0 Å². The molecule has 92 valence electrons. The van der Waals surface area contributed by atoms with Crippen LogP contribution in [0, 0.1) is 0 Å². The Hall–Kier alpha value is -0.870. The number of anilines is 1. The molecular weight excluding hydrogens is 238 g/mol. The van der Waals surface area contributed by atoms with Gasteiger partial charge in [0.1, 0.15) is 5.15 Å². The number of nitrogens with zero attached hydrogens (tertiary/aromatic N) is 3. The number of hydrogen-bond acceptors (Lipinski definition) is 4. The minimum absolute atomic E-state index is 0.505. The van der Waals surface area contributed by atoms with E-state index in [4.69, 9.17) is 21.3 Å². The van der Waals surface area contributed by atoms with Gasteiger partial charge in [0.2, 0.25) is 5.95 Å². The van der Waals surface area contributed by atoms with E-state index >= 15 is 0 Å². The molecule has 0 bridgehead atoms. The fraction of sp³-hybridized carbons (Fsp3) is 0.667. The summed E-state index contributed by atoms with van der Waals surface area (Å²) in [7, 11) is 0. The molecule has 0 aromatic carbocycles. The molecule has 0 amide bonds. The smallest absolute Gasteiger partial charge is 0.227 e. The van der Waals surface area contributed by atoms with E-state index in [0.29, 0.717) is 11.1 Å². The first-order valence-electron chi connectivity index (χ1n) is 6.14. The van der Waals surface area contributed by atoms with Crippen molar-refractivity contribution < 1.29 is 4.74 Å². The number of ether oxygens (including phenoxy) is 1. The first-order chi connectivity index (χ1) is 8.25. The summed E-state index contributed by atoms with van der Waals surface area (Å²) < 4.78 is 5.33. The first-order valence-corrected chi connectivity index (χ1v) is 6.52. The van der Waals surface area contributed by atoms with Crippen LogP contribution in [-0.2, 0) is 11.2 Å². The van der Waals surface area contributed by atoms with Crippen molar-refractivity contribution in [3.63, 3.8) is 0 Å². The highest BCUT2D eigenvalue weighted by atomic mass is 35.5. The van der Waals surface area contributed by atoms with Gasteiger partial charge in [-0.2, -0.15) is 0 Å². The molecule has 1 fully saturated rings. The summed E-state index contributed by atoms with van der Waals surface area (Å²) in [6.07, 6.45) is 2.15. The van der Waals surface area contributed by atoms with E-state index in [-0.39, 0.29) is 0 Å². The third-order valence-electron chi connectivity index (χ3n) is 3.56. The molecular formula is C12H16ClN3O. The average Bonchev–Trinajstić information content (AvgIpc) is 2.73. The molecule has 1 atom stereocenters. The van der Waals surface area contributed by atoms with Crippen LogP contribution in [0.5, 0.6) is 0 Å². The Labute approximate surface area is 106 Å². The number of morpholine rings is 1. The topological polar surface area (TPSA) is 38.2 Å².